The molecule has 0 aromatic heterocycles. The molecule has 0 aliphatic heterocycles. The second-order valence-electron chi connectivity index (χ2n) is 2.95. The normalized spacial score (nSPS) is 15.0. The van der Waals surface area contributed by atoms with Gasteiger partial charge in [0.15, 0.2) is 0 Å². The van der Waals surface area contributed by atoms with Gasteiger partial charge in [0.1, 0.15) is 0 Å². The van der Waals surface area contributed by atoms with E-state index in [1.54, 1.807) is 0 Å². The molecule has 0 fully saturated rings. The molecule has 1 N–H and O–H groups in total. The van der Waals surface area contributed by atoms with E-state index in [0.29, 0.717) is 19.8 Å². The van der Waals surface area contributed by atoms with Crippen molar-refractivity contribution >= 4 is 0 Å². The molecule has 0 radical (unpaired) electrons. The first-order valence-electron chi connectivity index (χ1n) is 3.74. The minimum atomic E-state index is -0.308. The molecule has 12 heavy (non-hydrogen) atoms. The van der Waals surface area contributed by atoms with E-state index in [9.17, 15) is 0 Å². The number of ether oxygens (including phenoxy) is 2. The molecule has 70 valence electrons. The zero-order valence-corrected chi connectivity index (χ0v) is 14.4. The maximum atomic E-state index is 8.96. The quantitative estimate of drug-likeness (QED) is 0.638. The Hall–Kier alpha value is -1.12. The molecule has 0 heterocycles. The van der Waals surface area contributed by atoms with Crippen LogP contribution in [0.1, 0.15) is 13.8 Å². The molecule has 4 heteroatoms. The number of aliphatic hydroxyl groups is 1. The number of aliphatic hydroxyl groups excluding tert-OH is 1. The third kappa shape index (κ3) is 4.66. The molecular formula is C8H17O3Rf-. The Labute approximate surface area is 68.3 Å². The van der Waals surface area contributed by atoms with Gasteiger partial charge in [-0.05, 0) is 6.92 Å². The van der Waals surface area contributed by atoms with Crippen molar-refractivity contribution in [2.75, 3.05) is 26.4 Å². The first kappa shape index (κ1) is 13.5. The Morgan fingerprint density at radius 2 is 2.00 bits per heavy atom. The molecule has 3 nitrogen and oxygen atoms in total. The van der Waals surface area contributed by atoms with Gasteiger partial charge >= 0.3 is 0 Å². The van der Waals surface area contributed by atoms with Crippen LogP contribution in [0.2, 0.25) is 0 Å². The van der Waals surface area contributed by atoms with Crippen LogP contribution in [0.25, 0.3) is 0 Å². The molecule has 0 saturated carbocycles. The fraction of sp³-hybridized carbons (Fsp3) is 0.875. The van der Waals surface area contributed by atoms with E-state index in [2.05, 4.69) is 7.11 Å². The van der Waals surface area contributed by atoms with Crippen molar-refractivity contribution in [3.05, 3.63) is 7.11 Å². The summed E-state index contributed by atoms with van der Waals surface area (Å²) in [6.45, 7) is 5.46. The average molecular weight is 428 g/mol. The summed E-state index contributed by atoms with van der Waals surface area (Å²) >= 11 is 0. The molecule has 1 unspecified atom stereocenters. The van der Waals surface area contributed by atoms with E-state index >= 15 is 0 Å². The van der Waals surface area contributed by atoms with Crippen LogP contribution < -0.4 is 0 Å². The summed E-state index contributed by atoms with van der Waals surface area (Å²) in [5.41, 5.74) is -0.308. The van der Waals surface area contributed by atoms with Gasteiger partial charge in [0.25, 0.3) is 0 Å². The van der Waals surface area contributed by atoms with Crippen molar-refractivity contribution in [1.82, 2.24) is 0 Å². The minimum Gasteiger partial charge on any atom is -0.554 e. The number of rotatable bonds is 6. The van der Waals surface area contributed by atoms with Crippen LogP contribution in [0.3, 0.4) is 0 Å². The van der Waals surface area contributed by atoms with E-state index < -0.39 is 0 Å². The Kier molecular flexibility index (Phi) is 7.39. The first-order chi connectivity index (χ1) is 5.18. The van der Waals surface area contributed by atoms with Crippen LogP contribution in [0.5, 0.6) is 0 Å². The van der Waals surface area contributed by atoms with Crippen molar-refractivity contribution in [2.45, 2.75) is 13.8 Å². The van der Waals surface area contributed by atoms with Crippen LogP contribution >= 0.6 is 0 Å². The molecule has 0 aromatic carbocycles. The Morgan fingerprint density at radius 3 is 2.33 bits per heavy atom. The third-order valence-corrected chi connectivity index (χ3v) is 1.49. The summed E-state index contributed by atoms with van der Waals surface area (Å²) < 4.78 is 9.88. The number of hydrogen-bond acceptors (Lipinski definition) is 3. The van der Waals surface area contributed by atoms with Gasteiger partial charge in [0.05, 0.1) is 13.2 Å². The van der Waals surface area contributed by atoms with E-state index in [1.807, 2.05) is 13.8 Å². The predicted octanol–water partition coefficient (Wildman–Crippen LogP) is 0.830. The molecule has 0 aliphatic carbocycles. The largest absolute Gasteiger partial charge is 0.554 e. The maximum absolute atomic E-state index is 8.96. The van der Waals surface area contributed by atoms with E-state index in [-0.39, 0.29) is 12.0 Å². The topological polar surface area (TPSA) is 38.7 Å². The van der Waals surface area contributed by atoms with E-state index in [0.717, 1.165) is 0 Å². The summed E-state index contributed by atoms with van der Waals surface area (Å²) in [6.07, 6.45) is 0. The zero-order chi connectivity index (χ0) is 8.74. The van der Waals surface area contributed by atoms with Crippen molar-refractivity contribution in [2.24, 2.45) is 5.41 Å². The molecule has 0 amide bonds. The molecule has 0 spiro atoms. The molecule has 0 bridgehead atoms. The van der Waals surface area contributed by atoms with Crippen LogP contribution in [-0.2, 0) is 9.47 Å². The summed E-state index contributed by atoms with van der Waals surface area (Å²) in [4.78, 5) is 0. The van der Waals surface area contributed by atoms with Crippen LogP contribution in [0, 0.1) is 12.5 Å². The summed E-state index contributed by atoms with van der Waals surface area (Å²) in [6, 6.07) is 0. The molecule has 0 rings (SSSR count). The summed E-state index contributed by atoms with van der Waals surface area (Å²) in [5, 5.41) is 8.96. The first-order valence-corrected chi connectivity index (χ1v) is 3.74. The number of hydrogen-bond donors (Lipinski definition) is 1. The SMILES string of the molecule is [CH2-]OCC(C)(CO)COCC.[Rf]. The van der Waals surface area contributed by atoms with Crippen molar-refractivity contribution < 1.29 is 14.6 Å². The van der Waals surface area contributed by atoms with Crippen LogP contribution in [-0.4, -0.2) is 31.5 Å². The Bertz CT molecular complexity index is 100. The second kappa shape index (κ2) is 6.58. The molecule has 0 saturated heterocycles. The fourth-order valence-electron chi connectivity index (χ4n) is 0.728. The predicted molar refractivity (Wildman–Crippen MR) is 43.0 cm³/mol. The Balaban J connectivity index is 0. The zero-order valence-electron chi connectivity index (χ0n) is 8.01. The van der Waals surface area contributed by atoms with Crippen LogP contribution in [0.4, 0.5) is 0 Å². The average Bonchev–Trinajstić information content (AvgIpc) is 2.02. The monoisotopic (exact) mass is 428 g/mol. The van der Waals surface area contributed by atoms with Gasteiger partial charge in [-0.3, -0.25) is 0 Å². The van der Waals surface area contributed by atoms with Gasteiger partial charge in [-0.15, -0.1) is 0 Å². The standard InChI is InChI=1S/C8H17O3.Rf/c1-4-11-7-8(2,5-9)6-10-3;/h9H,3-7H2,1-2H3;/q-1;. The van der Waals surface area contributed by atoms with Gasteiger partial charge in [-0.25, -0.2) is 7.11 Å². The van der Waals surface area contributed by atoms with E-state index in [4.69, 9.17) is 14.6 Å². The molecular weight excluding hydrogens is 411 g/mol. The minimum absolute atomic E-state index is 0. The van der Waals surface area contributed by atoms with Crippen LogP contribution in [0.15, 0.2) is 0 Å². The van der Waals surface area contributed by atoms with Crippen molar-refractivity contribution in [1.29, 1.82) is 0 Å². The smallest absolute Gasteiger partial charge is 0.0562 e. The van der Waals surface area contributed by atoms with Crippen molar-refractivity contribution in [3.8, 4) is 0 Å². The Morgan fingerprint density at radius 1 is 1.42 bits per heavy atom. The van der Waals surface area contributed by atoms with Crippen molar-refractivity contribution in [3.63, 3.8) is 0 Å². The van der Waals surface area contributed by atoms with Gasteiger partial charge in [0, 0.05) is 18.6 Å². The van der Waals surface area contributed by atoms with Gasteiger partial charge < -0.3 is 14.6 Å². The molecule has 0 aromatic rings. The van der Waals surface area contributed by atoms with Gasteiger partial charge in [-0.1, -0.05) is 6.92 Å². The molecule has 1 atom stereocenters. The fourth-order valence-corrected chi connectivity index (χ4v) is 0.728. The van der Waals surface area contributed by atoms with Gasteiger partial charge in [0.2, 0.25) is 0 Å². The summed E-state index contributed by atoms with van der Waals surface area (Å²) in [5.74, 6) is 0. The maximum Gasteiger partial charge on any atom is 0.0562 e. The second-order valence-corrected chi connectivity index (χ2v) is 2.95. The van der Waals surface area contributed by atoms with Gasteiger partial charge in [-0.2, -0.15) is 0 Å². The third-order valence-electron chi connectivity index (χ3n) is 1.49. The van der Waals surface area contributed by atoms with E-state index in [1.165, 1.54) is 0 Å². The molecule has 0 aliphatic rings. The summed E-state index contributed by atoms with van der Waals surface area (Å²) in [7, 11) is 3.26.